The lowest BCUT2D eigenvalue weighted by Crippen LogP contribution is -2.28. The largest absolute Gasteiger partial charge is 0.273 e. The Morgan fingerprint density at radius 1 is 1.47 bits per heavy atom. The van der Waals surface area contributed by atoms with Gasteiger partial charge in [-0.25, -0.2) is 0 Å². The van der Waals surface area contributed by atoms with E-state index in [1.54, 1.807) is 6.19 Å². The Balaban J connectivity index is 2.30. The highest BCUT2D eigenvalue weighted by Gasteiger charge is 2.25. The molecule has 0 spiro atoms. The minimum atomic E-state index is -0.176. The summed E-state index contributed by atoms with van der Waals surface area (Å²) in [5.74, 6) is -0.320. The minimum absolute atomic E-state index is 0.144. The molecule has 0 aromatic heterocycles. The van der Waals surface area contributed by atoms with Crippen LogP contribution in [-0.4, -0.2) is 5.91 Å². The van der Waals surface area contributed by atoms with Gasteiger partial charge in [0.2, 0.25) is 5.91 Å². The second-order valence-corrected chi connectivity index (χ2v) is 3.74. The number of hydrogen-bond donors (Lipinski definition) is 1. The molecule has 3 heteroatoms. The number of aryl methyl sites for hydroxylation is 1. The molecule has 76 valence electrons. The average molecular weight is 200 g/mol. The predicted octanol–water partition coefficient (Wildman–Crippen LogP) is 1.70. The van der Waals surface area contributed by atoms with Crippen LogP contribution in [0.4, 0.5) is 0 Å². The van der Waals surface area contributed by atoms with Crippen molar-refractivity contribution in [1.29, 1.82) is 5.26 Å². The van der Waals surface area contributed by atoms with Crippen molar-refractivity contribution in [2.75, 3.05) is 0 Å². The summed E-state index contributed by atoms with van der Waals surface area (Å²) < 4.78 is 0. The van der Waals surface area contributed by atoms with E-state index in [1.165, 1.54) is 5.56 Å². The zero-order valence-corrected chi connectivity index (χ0v) is 8.36. The summed E-state index contributed by atoms with van der Waals surface area (Å²) in [6.07, 6.45) is 4.58. The molecule has 1 aromatic rings. The molecule has 0 fully saturated rings. The molecule has 0 bridgehead atoms. The normalized spacial score (nSPS) is 18.7. The molecule has 1 aliphatic carbocycles. The molecule has 1 unspecified atom stereocenters. The van der Waals surface area contributed by atoms with Crippen molar-refractivity contribution in [3.05, 3.63) is 35.4 Å². The van der Waals surface area contributed by atoms with Crippen molar-refractivity contribution in [1.82, 2.24) is 5.32 Å². The highest BCUT2D eigenvalue weighted by atomic mass is 16.1. The van der Waals surface area contributed by atoms with E-state index in [4.69, 9.17) is 5.26 Å². The average Bonchev–Trinajstić information content (AvgIpc) is 2.28. The number of carbonyl (C=O) groups is 1. The number of fused-ring (bicyclic) bond motifs is 1. The van der Waals surface area contributed by atoms with Crippen molar-refractivity contribution >= 4 is 5.91 Å². The lowest BCUT2D eigenvalue weighted by atomic mass is 9.82. The number of rotatable bonds is 1. The van der Waals surface area contributed by atoms with Gasteiger partial charge in [-0.05, 0) is 30.4 Å². The predicted molar refractivity (Wildman–Crippen MR) is 55.9 cm³/mol. The number of nitriles is 1. The van der Waals surface area contributed by atoms with Crippen LogP contribution in [0.3, 0.4) is 0 Å². The Morgan fingerprint density at radius 3 is 3.07 bits per heavy atom. The van der Waals surface area contributed by atoms with Gasteiger partial charge in [0, 0.05) is 0 Å². The molecule has 1 aliphatic rings. The van der Waals surface area contributed by atoms with E-state index in [2.05, 4.69) is 11.4 Å². The Hall–Kier alpha value is -1.82. The van der Waals surface area contributed by atoms with Crippen LogP contribution in [0.2, 0.25) is 0 Å². The van der Waals surface area contributed by atoms with E-state index in [-0.39, 0.29) is 11.8 Å². The highest BCUT2D eigenvalue weighted by Crippen LogP contribution is 2.31. The van der Waals surface area contributed by atoms with Crippen LogP contribution in [0.5, 0.6) is 0 Å². The molecule has 3 nitrogen and oxygen atoms in total. The number of carbonyl (C=O) groups excluding carboxylic acids is 1. The van der Waals surface area contributed by atoms with Gasteiger partial charge in [0.15, 0.2) is 6.19 Å². The van der Waals surface area contributed by atoms with Crippen molar-refractivity contribution in [2.24, 2.45) is 0 Å². The Kier molecular flexibility index (Phi) is 2.68. The fraction of sp³-hybridized carbons (Fsp3) is 0.333. The molecular formula is C12H12N2O. The first-order valence-corrected chi connectivity index (χ1v) is 5.09. The van der Waals surface area contributed by atoms with Gasteiger partial charge in [-0.15, -0.1) is 0 Å². The summed E-state index contributed by atoms with van der Waals surface area (Å²) in [5.41, 5.74) is 2.32. The molecule has 2 rings (SSSR count). The van der Waals surface area contributed by atoms with Gasteiger partial charge in [-0.1, -0.05) is 24.3 Å². The molecule has 0 radical (unpaired) electrons. The molecule has 1 atom stereocenters. The number of hydrogen-bond acceptors (Lipinski definition) is 2. The lowest BCUT2D eigenvalue weighted by Gasteiger charge is -2.23. The lowest BCUT2D eigenvalue weighted by molar-refractivity contribution is -0.121. The van der Waals surface area contributed by atoms with Crippen LogP contribution in [0.15, 0.2) is 24.3 Å². The Bertz CT molecular complexity index is 420. The van der Waals surface area contributed by atoms with Gasteiger partial charge in [0.1, 0.15) is 0 Å². The first-order valence-electron chi connectivity index (χ1n) is 5.09. The molecule has 0 heterocycles. The van der Waals surface area contributed by atoms with Gasteiger partial charge in [-0.3, -0.25) is 10.1 Å². The number of nitrogens with zero attached hydrogens (tertiary/aromatic N) is 1. The summed E-state index contributed by atoms with van der Waals surface area (Å²) in [6, 6.07) is 7.97. The maximum atomic E-state index is 11.6. The number of amides is 1. The summed E-state index contributed by atoms with van der Waals surface area (Å²) in [5, 5.41) is 10.7. The summed E-state index contributed by atoms with van der Waals surface area (Å²) in [4.78, 5) is 11.6. The van der Waals surface area contributed by atoms with E-state index < -0.39 is 0 Å². The molecule has 15 heavy (non-hydrogen) atoms. The van der Waals surface area contributed by atoms with Crippen LogP contribution >= 0.6 is 0 Å². The van der Waals surface area contributed by atoms with Gasteiger partial charge in [0.05, 0.1) is 5.92 Å². The van der Waals surface area contributed by atoms with Crippen LogP contribution in [0, 0.1) is 11.5 Å². The van der Waals surface area contributed by atoms with E-state index >= 15 is 0 Å². The first kappa shape index (κ1) is 9.72. The zero-order chi connectivity index (χ0) is 10.7. The van der Waals surface area contributed by atoms with Crippen molar-refractivity contribution in [3.8, 4) is 6.19 Å². The third kappa shape index (κ3) is 1.84. The van der Waals surface area contributed by atoms with Crippen LogP contribution in [0.25, 0.3) is 0 Å². The molecule has 1 aromatic carbocycles. The smallest absolute Gasteiger partial charge is 0.240 e. The minimum Gasteiger partial charge on any atom is -0.273 e. The van der Waals surface area contributed by atoms with E-state index in [9.17, 15) is 4.79 Å². The van der Waals surface area contributed by atoms with E-state index in [0.29, 0.717) is 0 Å². The van der Waals surface area contributed by atoms with Gasteiger partial charge in [0.25, 0.3) is 0 Å². The van der Waals surface area contributed by atoms with Gasteiger partial charge in [-0.2, -0.15) is 5.26 Å². The standard InChI is InChI=1S/C12H12N2O/c13-8-14-12(15)11-7-3-5-9-4-1-2-6-10(9)11/h1-2,4,6,11H,3,5,7H2,(H,14,15). The monoisotopic (exact) mass is 200 g/mol. The summed E-state index contributed by atoms with van der Waals surface area (Å²) in [7, 11) is 0. The molecule has 0 aliphatic heterocycles. The Labute approximate surface area is 88.7 Å². The SMILES string of the molecule is N#CNC(=O)C1CCCc2ccccc21. The van der Waals surface area contributed by atoms with Crippen LogP contribution in [-0.2, 0) is 11.2 Å². The Morgan fingerprint density at radius 2 is 2.27 bits per heavy atom. The van der Waals surface area contributed by atoms with Crippen molar-refractivity contribution < 1.29 is 4.79 Å². The third-order valence-electron chi connectivity index (χ3n) is 2.87. The molecule has 0 saturated carbocycles. The fourth-order valence-electron chi connectivity index (χ4n) is 2.17. The van der Waals surface area contributed by atoms with Gasteiger partial charge >= 0.3 is 0 Å². The van der Waals surface area contributed by atoms with Crippen molar-refractivity contribution in [3.63, 3.8) is 0 Å². The number of nitrogens with one attached hydrogen (secondary N) is 1. The van der Waals surface area contributed by atoms with Crippen molar-refractivity contribution in [2.45, 2.75) is 25.2 Å². The van der Waals surface area contributed by atoms with E-state index in [1.807, 2.05) is 18.2 Å². The summed E-state index contributed by atoms with van der Waals surface area (Å²) >= 11 is 0. The third-order valence-corrected chi connectivity index (χ3v) is 2.87. The molecule has 1 amide bonds. The molecule has 1 N–H and O–H groups in total. The highest BCUT2D eigenvalue weighted by molar-refractivity contribution is 5.85. The number of benzene rings is 1. The topological polar surface area (TPSA) is 52.9 Å². The maximum absolute atomic E-state index is 11.6. The fourth-order valence-corrected chi connectivity index (χ4v) is 2.17. The van der Waals surface area contributed by atoms with E-state index in [0.717, 1.165) is 24.8 Å². The zero-order valence-electron chi connectivity index (χ0n) is 8.36. The second kappa shape index (κ2) is 4.14. The van der Waals surface area contributed by atoms with Crippen LogP contribution in [0.1, 0.15) is 29.9 Å². The first-order chi connectivity index (χ1) is 7.33. The quantitative estimate of drug-likeness (QED) is 0.554. The van der Waals surface area contributed by atoms with Crippen LogP contribution < -0.4 is 5.32 Å². The van der Waals surface area contributed by atoms with Gasteiger partial charge < -0.3 is 0 Å². The second-order valence-electron chi connectivity index (χ2n) is 3.74. The maximum Gasteiger partial charge on any atom is 0.240 e. The molecule has 0 saturated heterocycles. The molecular weight excluding hydrogens is 188 g/mol. The summed E-state index contributed by atoms with van der Waals surface area (Å²) in [6.45, 7) is 0.